The number of hydrogen-bond acceptors (Lipinski definition) is 3. The van der Waals surface area contributed by atoms with Crippen LogP contribution in [0.25, 0.3) is 5.57 Å². The van der Waals surface area contributed by atoms with Crippen LogP contribution in [0.1, 0.15) is 5.56 Å². The predicted octanol–water partition coefficient (Wildman–Crippen LogP) is 2.48. The molecule has 2 unspecified atom stereocenters. The second-order valence-corrected chi connectivity index (χ2v) is 4.60. The maximum Gasteiger partial charge on any atom is 0.220 e. The highest BCUT2D eigenvalue weighted by atomic mass is 35.5. The van der Waals surface area contributed by atoms with Crippen LogP contribution in [0.4, 0.5) is 0 Å². The Kier molecular flexibility index (Phi) is 3.27. The molecule has 4 heteroatoms. The summed E-state index contributed by atoms with van der Waals surface area (Å²) in [5, 5.41) is 17.4. The number of rotatable bonds is 2. The Bertz CT molecular complexity index is 543. The topological polar surface area (TPSA) is 53.2 Å². The lowest BCUT2D eigenvalue weighted by molar-refractivity contribution is -0.0328. The summed E-state index contributed by atoms with van der Waals surface area (Å²) >= 11 is 5.92. The summed E-state index contributed by atoms with van der Waals surface area (Å²) in [5.74, 6) is 0. The largest absolute Gasteiger partial charge is 0.368 e. The zero-order valence-electron chi connectivity index (χ0n) is 9.80. The summed E-state index contributed by atoms with van der Waals surface area (Å²) in [4.78, 5) is 0. The first-order valence-electron chi connectivity index (χ1n) is 5.40. The van der Waals surface area contributed by atoms with E-state index in [1.54, 1.807) is 6.08 Å². The first kappa shape index (κ1) is 12.8. The molecular weight excluding hydrogens is 250 g/mol. The minimum Gasteiger partial charge on any atom is -0.368 e. The molecule has 0 saturated heterocycles. The van der Waals surface area contributed by atoms with Crippen LogP contribution in [0.5, 0.6) is 0 Å². The Morgan fingerprint density at radius 3 is 2.56 bits per heavy atom. The fourth-order valence-electron chi connectivity index (χ4n) is 1.86. The molecule has 0 saturated carbocycles. The molecule has 0 aromatic heterocycles. The molecule has 1 aromatic rings. The van der Waals surface area contributed by atoms with Crippen LogP contribution in [0.3, 0.4) is 0 Å². The SMILES string of the molecule is COC1(C#N)C=C(c2ccccc2)C=CC1(O)Cl. The number of ether oxygens (including phenoxy) is 1. The van der Waals surface area contributed by atoms with Crippen molar-refractivity contribution in [2.75, 3.05) is 7.11 Å². The summed E-state index contributed by atoms with van der Waals surface area (Å²) in [7, 11) is 1.34. The third kappa shape index (κ3) is 1.95. The molecule has 0 amide bonds. The molecule has 0 heterocycles. The molecule has 2 rings (SSSR count). The van der Waals surface area contributed by atoms with E-state index in [0.29, 0.717) is 0 Å². The third-order valence-electron chi connectivity index (χ3n) is 2.96. The lowest BCUT2D eigenvalue weighted by atomic mass is 9.87. The van der Waals surface area contributed by atoms with Crippen LogP contribution >= 0.6 is 11.6 Å². The van der Waals surface area contributed by atoms with E-state index in [1.807, 2.05) is 36.4 Å². The van der Waals surface area contributed by atoms with E-state index in [1.165, 1.54) is 19.3 Å². The first-order chi connectivity index (χ1) is 8.54. The van der Waals surface area contributed by atoms with Gasteiger partial charge in [-0.1, -0.05) is 48.0 Å². The molecule has 0 fully saturated rings. The number of benzene rings is 1. The lowest BCUT2D eigenvalue weighted by Gasteiger charge is -2.35. The number of methoxy groups -OCH3 is 1. The molecule has 3 nitrogen and oxygen atoms in total. The Hall–Kier alpha value is -1.60. The average Bonchev–Trinajstić information content (AvgIpc) is 2.40. The average molecular weight is 262 g/mol. The highest BCUT2D eigenvalue weighted by molar-refractivity contribution is 6.25. The van der Waals surface area contributed by atoms with E-state index in [4.69, 9.17) is 16.3 Å². The molecule has 1 N–H and O–H groups in total. The summed E-state index contributed by atoms with van der Waals surface area (Å²) in [6, 6.07) is 11.4. The maximum absolute atomic E-state index is 10.0. The molecule has 0 radical (unpaired) electrons. The van der Waals surface area contributed by atoms with E-state index in [9.17, 15) is 10.4 Å². The van der Waals surface area contributed by atoms with Crippen molar-refractivity contribution in [2.45, 2.75) is 10.7 Å². The predicted molar refractivity (Wildman–Crippen MR) is 69.7 cm³/mol. The van der Waals surface area contributed by atoms with Crippen LogP contribution in [-0.2, 0) is 4.74 Å². The van der Waals surface area contributed by atoms with Gasteiger partial charge in [-0.05, 0) is 23.3 Å². The van der Waals surface area contributed by atoms with Gasteiger partial charge in [-0.2, -0.15) is 5.26 Å². The number of alkyl halides is 1. The molecule has 1 aliphatic carbocycles. The van der Waals surface area contributed by atoms with Gasteiger partial charge in [-0.15, -0.1) is 0 Å². The van der Waals surface area contributed by atoms with Crippen LogP contribution in [-0.4, -0.2) is 22.9 Å². The quantitative estimate of drug-likeness (QED) is 0.832. The standard InChI is InChI=1S/C14H12ClNO2/c1-18-13(10-16)9-12(7-8-14(13,15)17)11-5-3-2-4-6-11/h2-9,17H,1H3. The van der Waals surface area contributed by atoms with Gasteiger partial charge < -0.3 is 9.84 Å². The van der Waals surface area contributed by atoms with Crippen molar-refractivity contribution in [3.63, 3.8) is 0 Å². The van der Waals surface area contributed by atoms with E-state index < -0.39 is 10.7 Å². The van der Waals surface area contributed by atoms with Crippen molar-refractivity contribution in [2.24, 2.45) is 0 Å². The van der Waals surface area contributed by atoms with Crippen molar-refractivity contribution in [1.82, 2.24) is 0 Å². The van der Waals surface area contributed by atoms with Gasteiger partial charge in [-0.3, -0.25) is 0 Å². The molecule has 0 spiro atoms. The van der Waals surface area contributed by atoms with Crippen LogP contribution in [0.2, 0.25) is 0 Å². The number of aliphatic hydroxyl groups is 1. The molecule has 2 atom stereocenters. The van der Waals surface area contributed by atoms with Gasteiger partial charge in [-0.25, -0.2) is 0 Å². The van der Waals surface area contributed by atoms with E-state index in [-0.39, 0.29) is 0 Å². The molecule has 0 aliphatic heterocycles. The minimum atomic E-state index is -1.87. The smallest absolute Gasteiger partial charge is 0.220 e. The van der Waals surface area contributed by atoms with Gasteiger partial charge in [0.1, 0.15) is 6.07 Å². The molecule has 1 aromatic carbocycles. The molecule has 1 aliphatic rings. The molecule has 0 bridgehead atoms. The summed E-state index contributed by atoms with van der Waals surface area (Å²) in [6.07, 6.45) is 4.58. The number of halogens is 1. The normalized spacial score (nSPS) is 30.7. The second-order valence-electron chi connectivity index (χ2n) is 4.02. The van der Waals surface area contributed by atoms with E-state index in [2.05, 4.69) is 0 Å². The maximum atomic E-state index is 10.0. The highest BCUT2D eigenvalue weighted by Crippen LogP contribution is 2.39. The van der Waals surface area contributed by atoms with Crippen molar-refractivity contribution >= 4 is 17.2 Å². The fraction of sp³-hybridized carbons (Fsp3) is 0.214. The summed E-state index contributed by atoms with van der Waals surface area (Å²) in [5.41, 5.74) is 0.121. The third-order valence-corrected chi connectivity index (χ3v) is 3.37. The molecular formula is C14H12ClNO2. The van der Waals surface area contributed by atoms with Gasteiger partial charge >= 0.3 is 0 Å². The highest BCUT2D eigenvalue weighted by Gasteiger charge is 2.49. The number of hydrogen-bond donors (Lipinski definition) is 1. The van der Waals surface area contributed by atoms with Crippen molar-refractivity contribution in [3.8, 4) is 6.07 Å². The second kappa shape index (κ2) is 4.58. The van der Waals surface area contributed by atoms with Crippen LogP contribution < -0.4 is 0 Å². The minimum absolute atomic E-state index is 0.782. The fourth-order valence-corrected chi connectivity index (χ4v) is 2.10. The first-order valence-corrected chi connectivity index (χ1v) is 5.78. The number of nitriles is 1. The summed E-state index contributed by atoms with van der Waals surface area (Å²) < 4.78 is 5.12. The Balaban J connectivity index is 2.51. The van der Waals surface area contributed by atoms with Crippen molar-refractivity contribution < 1.29 is 9.84 Å². The zero-order chi connectivity index (χ0) is 13.2. The van der Waals surface area contributed by atoms with E-state index >= 15 is 0 Å². The molecule has 18 heavy (non-hydrogen) atoms. The Labute approximate surface area is 111 Å². The number of allylic oxidation sites excluding steroid dienone is 2. The zero-order valence-corrected chi connectivity index (χ0v) is 10.6. The van der Waals surface area contributed by atoms with E-state index in [0.717, 1.165) is 11.1 Å². The van der Waals surface area contributed by atoms with Gasteiger partial charge in [0.15, 0.2) is 0 Å². The number of nitrogens with zero attached hydrogens (tertiary/aromatic N) is 1. The van der Waals surface area contributed by atoms with Gasteiger partial charge in [0, 0.05) is 7.11 Å². The van der Waals surface area contributed by atoms with Crippen molar-refractivity contribution in [3.05, 3.63) is 54.1 Å². The lowest BCUT2D eigenvalue weighted by Crippen LogP contribution is -2.49. The summed E-state index contributed by atoms with van der Waals surface area (Å²) in [6.45, 7) is 0. The van der Waals surface area contributed by atoms with Crippen LogP contribution in [0.15, 0.2) is 48.6 Å². The molecule has 92 valence electrons. The van der Waals surface area contributed by atoms with Gasteiger partial charge in [0.2, 0.25) is 10.7 Å². The van der Waals surface area contributed by atoms with Gasteiger partial charge in [0.25, 0.3) is 0 Å². The van der Waals surface area contributed by atoms with Crippen molar-refractivity contribution in [1.29, 1.82) is 5.26 Å². The van der Waals surface area contributed by atoms with Gasteiger partial charge in [0.05, 0.1) is 0 Å². The van der Waals surface area contributed by atoms with Crippen LogP contribution in [0, 0.1) is 11.3 Å². The Morgan fingerprint density at radius 2 is 2.00 bits per heavy atom. The Morgan fingerprint density at radius 1 is 1.33 bits per heavy atom. The monoisotopic (exact) mass is 261 g/mol.